The highest BCUT2D eigenvalue weighted by Gasteiger charge is 2.18. The molecule has 406 valence electrons. The molecule has 0 radical (unpaired) electrons. The van der Waals surface area contributed by atoms with Gasteiger partial charge in [0.05, 0.1) is 13.2 Å². The number of ether oxygens (including phenoxy) is 3. The Kier molecular flexibility index (Phi) is 45.4. The van der Waals surface area contributed by atoms with E-state index < -0.39 is 11.7 Å². The van der Waals surface area contributed by atoms with Crippen LogP contribution in [0.3, 0.4) is 0 Å². The number of nitrogens with zero attached hydrogens (tertiary/aromatic N) is 1. The van der Waals surface area contributed by atoms with Crippen molar-refractivity contribution in [1.82, 2.24) is 20.9 Å². The second-order valence-electron chi connectivity index (χ2n) is 21.0. The third kappa shape index (κ3) is 47.2. The SMILES string of the molecule is CCCCCCC(CCCCCC)COC(=O)CCCCCCCNC(=O)CCN(CCNC(=O)OC(C)(C)C)CCC(=O)NCCCCCCCC(=O)OCC(CCCCCC)CCCCCC. The molecule has 0 saturated heterocycles. The summed E-state index contributed by atoms with van der Waals surface area (Å²) in [4.78, 5) is 64.8. The van der Waals surface area contributed by atoms with E-state index >= 15 is 0 Å². The smallest absolute Gasteiger partial charge is 0.407 e. The summed E-state index contributed by atoms with van der Waals surface area (Å²) in [5, 5.41) is 8.86. The van der Waals surface area contributed by atoms with Crippen LogP contribution in [-0.4, -0.2) is 92.8 Å². The van der Waals surface area contributed by atoms with Crippen LogP contribution in [0.2, 0.25) is 0 Å². The summed E-state index contributed by atoms with van der Waals surface area (Å²) in [6.07, 6.45) is 35.1. The number of hydrogen-bond acceptors (Lipinski definition) is 9. The highest BCUT2D eigenvalue weighted by Crippen LogP contribution is 2.21. The largest absolute Gasteiger partial charge is 0.465 e. The number of esters is 2. The van der Waals surface area contributed by atoms with E-state index in [0.717, 1.165) is 89.9 Å². The van der Waals surface area contributed by atoms with Crippen molar-refractivity contribution in [3.05, 3.63) is 0 Å². The second kappa shape index (κ2) is 47.4. The van der Waals surface area contributed by atoms with Crippen LogP contribution < -0.4 is 16.0 Å². The van der Waals surface area contributed by atoms with Crippen LogP contribution >= 0.6 is 0 Å². The zero-order chi connectivity index (χ0) is 51.1. The number of unbranched alkanes of at least 4 members (excludes halogenated alkanes) is 20. The van der Waals surface area contributed by atoms with Crippen molar-refractivity contribution in [2.75, 3.05) is 52.5 Å². The van der Waals surface area contributed by atoms with Crippen LogP contribution in [0.4, 0.5) is 4.79 Å². The molecule has 0 saturated carbocycles. The van der Waals surface area contributed by atoms with Crippen LogP contribution in [0.15, 0.2) is 0 Å². The van der Waals surface area contributed by atoms with Gasteiger partial charge in [0.1, 0.15) is 5.60 Å². The fourth-order valence-corrected chi connectivity index (χ4v) is 8.59. The summed E-state index contributed by atoms with van der Waals surface area (Å²) in [5.74, 6) is 0.765. The summed E-state index contributed by atoms with van der Waals surface area (Å²) in [6, 6.07) is 0. The van der Waals surface area contributed by atoms with Crippen molar-refractivity contribution >= 4 is 29.8 Å². The maximum absolute atomic E-state index is 12.8. The first-order valence-corrected chi connectivity index (χ1v) is 28.9. The van der Waals surface area contributed by atoms with E-state index in [1.54, 1.807) is 0 Å². The highest BCUT2D eigenvalue weighted by atomic mass is 16.6. The Morgan fingerprint density at radius 2 is 0.754 bits per heavy atom. The van der Waals surface area contributed by atoms with Crippen molar-refractivity contribution in [2.45, 2.75) is 272 Å². The third-order valence-electron chi connectivity index (χ3n) is 13.0. The Morgan fingerprint density at radius 1 is 0.406 bits per heavy atom. The quantitative estimate of drug-likeness (QED) is 0.0307. The fraction of sp³-hybridized carbons (Fsp3) is 0.912. The number of carbonyl (C=O) groups excluding carboxylic acids is 5. The predicted octanol–water partition coefficient (Wildman–Crippen LogP) is 13.7. The molecule has 0 aliphatic carbocycles. The first-order valence-electron chi connectivity index (χ1n) is 28.9. The average Bonchev–Trinajstić information content (AvgIpc) is 3.31. The van der Waals surface area contributed by atoms with Crippen LogP contribution in [0.5, 0.6) is 0 Å². The number of alkyl carbamates (subject to hydrolysis) is 1. The van der Waals surface area contributed by atoms with E-state index in [0.29, 0.717) is 90.0 Å². The predicted molar refractivity (Wildman–Crippen MR) is 285 cm³/mol. The minimum absolute atomic E-state index is 0.0341. The van der Waals surface area contributed by atoms with Crippen LogP contribution in [0, 0.1) is 11.8 Å². The lowest BCUT2D eigenvalue weighted by Gasteiger charge is -2.23. The van der Waals surface area contributed by atoms with Gasteiger partial charge in [0.2, 0.25) is 11.8 Å². The van der Waals surface area contributed by atoms with Gasteiger partial charge in [-0.15, -0.1) is 0 Å². The van der Waals surface area contributed by atoms with Gasteiger partial charge in [0.15, 0.2) is 0 Å². The summed E-state index contributed by atoms with van der Waals surface area (Å²) < 4.78 is 16.8. The van der Waals surface area contributed by atoms with Crippen molar-refractivity contribution in [1.29, 1.82) is 0 Å². The van der Waals surface area contributed by atoms with E-state index in [-0.39, 0.29) is 23.8 Å². The molecule has 0 aliphatic heterocycles. The van der Waals surface area contributed by atoms with Crippen molar-refractivity contribution < 1.29 is 38.2 Å². The van der Waals surface area contributed by atoms with Gasteiger partial charge in [-0.05, 0) is 84.0 Å². The topological polar surface area (TPSA) is 152 Å². The normalized spacial score (nSPS) is 11.6. The Hall–Kier alpha value is -2.89. The van der Waals surface area contributed by atoms with Gasteiger partial charge < -0.3 is 35.1 Å². The lowest BCUT2D eigenvalue weighted by molar-refractivity contribution is -0.146. The lowest BCUT2D eigenvalue weighted by atomic mass is 9.95. The van der Waals surface area contributed by atoms with E-state index in [4.69, 9.17) is 14.2 Å². The molecule has 0 fully saturated rings. The molecule has 0 unspecified atom stereocenters. The average molecular weight is 980 g/mol. The van der Waals surface area contributed by atoms with Crippen LogP contribution in [0.1, 0.15) is 267 Å². The van der Waals surface area contributed by atoms with Crippen LogP contribution in [-0.2, 0) is 33.4 Å². The molecule has 0 atom stereocenters. The molecule has 3 amide bonds. The summed E-state index contributed by atoms with van der Waals surface area (Å²) in [6.45, 7) is 18.5. The molecular weight excluding hydrogens is 869 g/mol. The number of hydrogen-bond donors (Lipinski definition) is 3. The molecule has 69 heavy (non-hydrogen) atoms. The number of amides is 3. The zero-order valence-electron chi connectivity index (χ0n) is 46.1. The fourth-order valence-electron chi connectivity index (χ4n) is 8.59. The lowest BCUT2D eigenvalue weighted by Crippen LogP contribution is -2.40. The Bertz CT molecular complexity index is 1140. The molecule has 0 aromatic heterocycles. The number of nitrogens with one attached hydrogen (secondary N) is 3. The van der Waals surface area contributed by atoms with Gasteiger partial charge in [0.25, 0.3) is 0 Å². The number of carbonyl (C=O) groups is 5. The van der Waals surface area contributed by atoms with Gasteiger partial charge in [-0.1, -0.05) is 169 Å². The molecule has 0 aliphatic rings. The Morgan fingerprint density at radius 3 is 1.12 bits per heavy atom. The molecule has 12 nitrogen and oxygen atoms in total. The summed E-state index contributed by atoms with van der Waals surface area (Å²) >= 11 is 0. The third-order valence-corrected chi connectivity index (χ3v) is 13.0. The minimum atomic E-state index is -0.601. The van der Waals surface area contributed by atoms with E-state index in [1.165, 1.54) is 103 Å². The first-order chi connectivity index (χ1) is 33.3. The van der Waals surface area contributed by atoms with Crippen molar-refractivity contribution in [2.24, 2.45) is 11.8 Å². The maximum atomic E-state index is 12.8. The van der Waals surface area contributed by atoms with Gasteiger partial charge in [-0.2, -0.15) is 0 Å². The molecule has 0 aromatic carbocycles. The molecule has 0 rings (SSSR count). The van der Waals surface area contributed by atoms with Gasteiger partial charge in [-0.25, -0.2) is 4.79 Å². The maximum Gasteiger partial charge on any atom is 0.407 e. The molecular formula is C57H110N4O8. The molecule has 0 spiro atoms. The number of rotatable bonds is 49. The van der Waals surface area contributed by atoms with E-state index in [9.17, 15) is 24.0 Å². The molecule has 12 heteroatoms. The van der Waals surface area contributed by atoms with Gasteiger partial charge in [-0.3, -0.25) is 19.2 Å². The molecule has 0 aromatic rings. The Labute approximate surface area is 424 Å². The molecule has 0 heterocycles. The van der Waals surface area contributed by atoms with Crippen molar-refractivity contribution in [3.8, 4) is 0 Å². The zero-order valence-corrected chi connectivity index (χ0v) is 46.1. The Balaban J connectivity index is 4.46. The molecule has 3 N–H and O–H groups in total. The van der Waals surface area contributed by atoms with Crippen LogP contribution in [0.25, 0.3) is 0 Å². The first kappa shape index (κ1) is 66.1. The van der Waals surface area contributed by atoms with Gasteiger partial charge >= 0.3 is 18.0 Å². The van der Waals surface area contributed by atoms with E-state index in [1.807, 2.05) is 25.7 Å². The van der Waals surface area contributed by atoms with Crippen molar-refractivity contribution in [3.63, 3.8) is 0 Å². The van der Waals surface area contributed by atoms with E-state index in [2.05, 4.69) is 43.6 Å². The second-order valence-corrected chi connectivity index (χ2v) is 21.0. The summed E-state index contributed by atoms with van der Waals surface area (Å²) in [5.41, 5.74) is -0.601. The van der Waals surface area contributed by atoms with Gasteiger partial charge in [0, 0.05) is 65.0 Å². The standard InChI is InChI=1S/C57H110N4O8/c1-8-12-16-26-34-50(35-27-17-13-9-2)48-67-54(64)38-30-22-20-24-32-42-58-52(62)40-45-61(47-44-60-56(66)69-57(5,6)7)46-41-53(63)59-43-33-25-21-23-31-39-55(65)68-49-51(36-28-18-14-10-3)37-29-19-15-11-4/h50-51H,8-49H2,1-7H3,(H,58,62)(H,59,63)(H,60,66). The monoisotopic (exact) mass is 979 g/mol. The molecule has 0 bridgehead atoms. The minimum Gasteiger partial charge on any atom is -0.465 e. The highest BCUT2D eigenvalue weighted by molar-refractivity contribution is 5.76. The summed E-state index contributed by atoms with van der Waals surface area (Å²) in [7, 11) is 0.